The zero-order valence-corrected chi connectivity index (χ0v) is 11.6. The second-order valence-corrected chi connectivity index (χ2v) is 4.57. The van der Waals surface area contributed by atoms with Crippen molar-refractivity contribution in [1.29, 1.82) is 0 Å². The van der Waals surface area contributed by atoms with Gasteiger partial charge in [-0.05, 0) is 35.9 Å². The minimum absolute atomic E-state index is 0.122. The van der Waals surface area contributed by atoms with E-state index in [2.05, 4.69) is 5.16 Å². The quantitative estimate of drug-likeness (QED) is 0.401. The van der Waals surface area contributed by atoms with Crippen LogP contribution in [0.15, 0.2) is 47.6 Å². The number of nitrogens with zero attached hydrogens (tertiary/aromatic N) is 1. The summed E-state index contributed by atoms with van der Waals surface area (Å²) in [6.45, 7) is -0.123. The first-order valence-electron chi connectivity index (χ1n) is 6.34. The molecule has 2 aromatic rings. The van der Waals surface area contributed by atoms with Crippen molar-refractivity contribution < 1.29 is 26.8 Å². The summed E-state index contributed by atoms with van der Waals surface area (Å²) in [4.78, 5) is 4.90. The first-order valence-corrected chi connectivity index (χ1v) is 6.34. The Morgan fingerprint density at radius 3 is 2.22 bits per heavy atom. The van der Waals surface area contributed by atoms with Crippen molar-refractivity contribution in [2.45, 2.75) is 12.8 Å². The Labute approximate surface area is 128 Å². The summed E-state index contributed by atoms with van der Waals surface area (Å²) < 4.78 is 63.0. The van der Waals surface area contributed by atoms with Crippen molar-refractivity contribution in [3.8, 4) is 0 Å². The van der Waals surface area contributed by atoms with E-state index >= 15 is 0 Å². The molecular weight excluding hydrogens is 319 g/mol. The van der Waals surface area contributed by atoms with Gasteiger partial charge in [0.2, 0.25) is 0 Å². The number of oxime groups is 1. The van der Waals surface area contributed by atoms with E-state index in [4.69, 9.17) is 10.6 Å². The van der Waals surface area contributed by atoms with Crippen LogP contribution in [0.1, 0.15) is 16.7 Å². The number of nitrogens with two attached hydrogens (primary N) is 1. The smallest absolute Gasteiger partial charge is 0.389 e. The van der Waals surface area contributed by atoms with Gasteiger partial charge in [0.1, 0.15) is 6.61 Å². The molecule has 0 saturated heterocycles. The SMILES string of the molecule is N/C(=N/OCc1ccc(C(F)(F)F)cc1)c1ccc(F)c(F)c1. The van der Waals surface area contributed by atoms with Gasteiger partial charge in [-0.25, -0.2) is 8.78 Å². The second kappa shape index (κ2) is 6.64. The van der Waals surface area contributed by atoms with Crippen LogP contribution in [0.4, 0.5) is 22.0 Å². The van der Waals surface area contributed by atoms with Crippen molar-refractivity contribution in [3.63, 3.8) is 0 Å². The summed E-state index contributed by atoms with van der Waals surface area (Å²) in [5.74, 6) is -2.29. The molecule has 2 rings (SSSR count). The van der Waals surface area contributed by atoms with Crippen LogP contribution in [-0.4, -0.2) is 5.84 Å². The lowest BCUT2D eigenvalue weighted by Crippen LogP contribution is -2.14. The molecule has 0 fully saturated rings. The Hall–Kier alpha value is -2.64. The van der Waals surface area contributed by atoms with Crippen LogP contribution < -0.4 is 5.73 Å². The van der Waals surface area contributed by atoms with Gasteiger partial charge in [0, 0.05) is 5.56 Å². The van der Waals surface area contributed by atoms with Crippen molar-refractivity contribution in [2.75, 3.05) is 0 Å². The molecule has 2 N–H and O–H groups in total. The second-order valence-electron chi connectivity index (χ2n) is 4.57. The van der Waals surface area contributed by atoms with E-state index in [-0.39, 0.29) is 18.0 Å². The van der Waals surface area contributed by atoms with Gasteiger partial charge in [0.15, 0.2) is 17.5 Å². The van der Waals surface area contributed by atoms with Crippen molar-refractivity contribution >= 4 is 5.84 Å². The summed E-state index contributed by atoms with van der Waals surface area (Å²) in [7, 11) is 0. The van der Waals surface area contributed by atoms with Gasteiger partial charge in [0.05, 0.1) is 5.56 Å². The van der Waals surface area contributed by atoms with E-state index in [1.54, 1.807) is 0 Å². The lowest BCUT2D eigenvalue weighted by molar-refractivity contribution is -0.137. The minimum Gasteiger partial charge on any atom is -0.389 e. The monoisotopic (exact) mass is 330 g/mol. The molecule has 8 heteroatoms. The third kappa shape index (κ3) is 4.41. The molecule has 0 unspecified atom stereocenters. The van der Waals surface area contributed by atoms with Crippen molar-refractivity contribution in [1.82, 2.24) is 0 Å². The molecule has 0 radical (unpaired) electrons. The summed E-state index contributed by atoms with van der Waals surface area (Å²) in [6.07, 6.45) is -4.41. The highest BCUT2D eigenvalue weighted by atomic mass is 19.4. The van der Waals surface area contributed by atoms with Crippen LogP contribution in [0.5, 0.6) is 0 Å². The molecule has 0 aliphatic rings. The third-order valence-electron chi connectivity index (χ3n) is 2.89. The predicted molar refractivity (Wildman–Crippen MR) is 73.3 cm³/mol. The maximum absolute atomic E-state index is 13.0. The Kier molecular flexibility index (Phi) is 4.83. The van der Waals surface area contributed by atoms with Crippen LogP contribution in [0.25, 0.3) is 0 Å². The lowest BCUT2D eigenvalue weighted by Gasteiger charge is -2.07. The molecule has 2 aromatic carbocycles. The molecule has 0 aliphatic heterocycles. The first-order chi connectivity index (χ1) is 10.8. The molecule has 0 atom stereocenters. The van der Waals surface area contributed by atoms with Crippen molar-refractivity contribution in [3.05, 3.63) is 70.8 Å². The fourth-order valence-electron chi connectivity index (χ4n) is 1.67. The molecule has 0 bridgehead atoms. The Morgan fingerprint density at radius 2 is 1.65 bits per heavy atom. The zero-order valence-electron chi connectivity index (χ0n) is 11.6. The Balaban J connectivity index is 1.99. The van der Waals surface area contributed by atoms with Crippen LogP contribution in [0, 0.1) is 11.6 Å². The van der Waals surface area contributed by atoms with Crippen LogP contribution in [-0.2, 0) is 17.6 Å². The molecular formula is C15H11F5N2O. The van der Waals surface area contributed by atoms with Crippen LogP contribution in [0.2, 0.25) is 0 Å². The van der Waals surface area contributed by atoms with E-state index < -0.39 is 23.4 Å². The van der Waals surface area contributed by atoms with E-state index in [0.717, 1.165) is 24.3 Å². The highest BCUT2D eigenvalue weighted by molar-refractivity contribution is 5.97. The van der Waals surface area contributed by atoms with Gasteiger partial charge < -0.3 is 10.6 Å². The van der Waals surface area contributed by atoms with Gasteiger partial charge in [-0.3, -0.25) is 0 Å². The molecule has 23 heavy (non-hydrogen) atoms. The number of hydrogen-bond acceptors (Lipinski definition) is 2. The third-order valence-corrected chi connectivity index (χ3v) is 2.89. The molecule has 3 nitrogen and oxygen atoms in total. The Morgan fingerprint density at radius 1 is 1.00 bits per heavy atom. The molecule has 122 valence electrons. The number of halogens is 5. The Bertz CT molecular complexity index is 711. The fourth-order valence-corrected chi connectivity index (χ4v) is 1.67. The maximum atomic E-state index is 13.0. The number of amidine groups is 1. The zero-order chi connectivity index (χ0) is 17.0. The number of benzene rings is 2. The highest BCUT2D eigenvalue weighted by Gasteiger charge is 2.29. The minimum atomic E-state index is -4.41. The van der Waals surface area contributed by atoms with Gasteiger partial charge in [0.25, 0.3) is 0 Å². The van der Waals surface area contributed by atoms with E-state index in [1.807, 2.05) is 0 Å². The summed E-state index contributed by atoms with van der Waals surface area (Å²) >= 11 is 0. The molecule has 0 aromatic heterocycles. The number of rotatable bonds is 4. The number of alkyl halides is 3. The average molecular weight is 330 g/mol. The predicted octanol–water partition coefficient (Wildman–Crippen LogP) is 3.82. The largest absolute Gasteiger partial charge is 0.416 e. The van der Waals surface area contributed by atoms with Crippen LogP contribution >= 0.6 is 0 Å². The van der Waals surface area contributed by atoms with E-state index in [1.165, 1.54) is 18.2 Å². The van der Waals surface area contributed by atoms with Crippen molar-refractivity contribution in [2.24, 2.45) is 10.9 Å². The maximum Gasteiger partial charge on any atom is 0.416 e. The standard InChI is InChI=1S/C15H11F5N2O/c16-12-6-3-10(7-13(12)17)14(21)22-23-8-9-1-4-11(5-2-9)15(18,19)20/h1-7H,8H2,(H2,21,22). The molecule has 0 amide bonds. The van der Waals surface area contributed by atoms with Gasteiger partial charge in [-0.1, -0.05) is 17.3 Å². The van der Waals surface area contributed by atoms with Gasteiger partial charge in [-0.2, -0.15) is 13.2 Å². The highest BCUT2D eigenvalue weighted by Crippen LogP contribution is 2.29. The topological polar surface area (TPSA) is 47.6 Å². The summed E-state index contributed by atoms with van der Waals surface area (Å²) in [6, 6.07) is 7.29. The fraction of sp³-hybridized carbons (Fsp3) is 0.133. The normalized spacial score (nSPS) is 12.3. The molecule has 0 saturated carbocycles. The van der Waals surface area contributed by atoms with Crippen LogP contribution in [0.3, 0.4) is 0 Å². The average Bonchev–Trinajstić information content (AvgIpc) is 2.49. The van der Waals surface area contributed by atoms with E-state index in [9.17, 15) is 22.0 Å². The van der Waals surface area contributed by atoms with Gasteiger partial charge >= 0.3 is 6.18 Å². The lowest BCUT2D eigenvalue weighted by atomic mass is 10.1. The molecule has 0 aliphatic carbocycles. The summed E-state index contributed by atoms with van der Waals surface area (Å²) in [5, 5.41) is 3.51. The van der Waals surface area contributed by atoms with E-state index in [0.29, 0.717) is 5.56 Å². The molecule has 0 heterocycles. The molecule has 0 spiro atoms. The van der Waals surface area contributed by atoms with Gasteiger partial charge in [-0.15, -0.1) is 0 Å². The number of hydrogen-bond donors (Lipinski definition) is 1. The summed E-state index contributed by atoms with van der Waals surface area (Å²) in [5.41, 5.74) is 5.34. The first kappa shape index (κ1) is 16.7.